The first kappa shape index (κ1) is 18.1. The molecule has 0 aromatic carbocycles. The lowest BCUT2D eigenvalue weighted by Gasteiger charge is -2.15. The summed E-state index contributed by atoms with van der Waals surface area (Å²) in [6.07, 6.45) is 1.22. The van der Waals surface area contributed by atoms with Gasteiger partial charge in [-0.25, -0.2) is 0 Å². The van der Waals surface area contributed by atoms with Crippen molar-refractivity contribution in [2.75, 3.05) is 46.9 Å². The number of carbonyl (C=O) groups is 2. The third-order valence-electron chi connectivity index (χ3n) is 3.05. The molecule has 2 amide bonds. The summed E-state index contributed by atoms with van der Waals surface area (Å²) in [6.45, 7) is 3.13. The molecule has 7 heteroatoms. The van der Waals surface area contributed by atoms with Crippen LogP contribution >= 0.6 is 12.4 Å². The van der Waals surface area contributed by atoms with Crippen molar-refractivity contribution >= 4 is 24.2 Å². The maximum atomic E-state index is 11.8. The fourth-order valence-corrected chi connectivity index (χ4v) is 1.99. The Bertz CT molecular complexity index is 289. The van der Waals surface area contributed by atoms with E-state index in [0.717, 1.165) is 13.0 Å². The number of amides is 2. The Kier molecular flexibility index (Phi) is 9.55. The van der Waals surface area contributed by atoms with E-state index in [2.05, 4.69) is 10.6 Å². The van der Waals surface area contributed by atoms with Gasteiger partial charge in [0.05, 0.1) is 12.5 Å². The Balaban J connectivity index is 0.00000324. The van der Waals surface area contributed by atoms with E-state index in [1.54, 1.807) is 12.0 Å². The summed E-state index contributed by atoms with van der Waals surface area (Å²) < 4.78 is 4.94. The second-order valence-electron chi connectivity index (χ2n) is 4.48. The highest BCUT2D eigenvalue weighted by molar-refractivity contribution is 5.89. The van der Waals surface area contributed by atoms with E-state index in [1.165, 1.54) is 0 Å². The zero-order valence-electron chi connectivity index (χ0n) is 11.6. The van der Waals surface area contributed by atoms with Gasteiger partial charge in [-0.05, 0) is 20.0 Å². The third-order valence-corrected chi connectivity index (χ3v) is 3.05. The first-order chi connectivity index (χ1) is 8.69. The van der Waals surface area contributed by atoms with Crippen LogP contribution in [0, 0.1) is 5.92 Å². The fraction of sp³-hybridized carbons (Fsp3) is 0.833. The van der Waals surface area contributed by atoms with E-state index >= 15 is 0 Å². The third kappa shape index (κ3) is 6.22. The second-order valence-corrected chi connectivity index (χ2v) is 4.48. The fourth-order valence-electron chi connectivity index (χ4n) is 1.99. The zero-order chi connectivity index (χ0) is 13.4. The number of carbonyl (C=O) groups excluding carboxylic acids is 2. The van der Waals surface area contributed by atoms with Crippen molar-refractivity contribution in [3.63, 3.8) is 0 Å². The van der Waals surface area contributed by atoms with Crippen LogP contribution < -0.4 is 10.6 Å². The number of ether oxygens (including phenoxy) is 1. The number of nitrogens with zero attached hydrogens (tertiary/aromatic N) is 1. The van der Waals surface area contributed by atoms with Crippen LogP contribution in [-0.4, -0.2) is 63.7 Å². The summed E-state index contributed by atoms with van der Waals surface area (Å²) in [7, 11) is 3.48. The van der Waals surface area contributed by atoms with Crippen LogP contribution in [0.25, 0.3) is 0 Å². The Morgan fingerprint density at radius 3 is 2.84 bits per heavy atom. The topological polar surface area (TPSA) is 70.7 Å². The summed E-state index contributed by atoms with van der Waals surface area (Å²) in [5, 5.41) is 5.89. The number of likely N-dealkylation sites (tertiary alicyclic amines) is 1. The number of methoxy groups -OCH3 is 1. The molecule has 0 bridgehead atoms. The average molecular weight is 294 g/mol. The summed E-state index contributed by atoms with van der Waals surface area (Å²) in [5.41, 5.74) is 0. The lowest BCUT2D eigenvalue weighted by molar-refractivity contribution is -0.129. The summed E-state index contributed by atoms with van der Waals surface area (Å²) in [4.78, 5) is 25.2. The van der Waals surface area contributed by atoms with Gasteiger partial charge in [0.25, 0.3) is 0 Å². The highest BCUT2D eigenvalue weighted by atomic mass is 35.5. The van der Waals surface area contributed by atoms with E-state index in [1.807, 2.05) is 7.05 Å². The molecule has 6 nitrogen and oxygen atoms in total. The molecule has 19 heavy (non-hydrogen) atoms. The van der Waals surface area contributed by atoms with E-state index in [0.29, 0.717) is 32.7 Å². The molecule has 1 aliphatic heterocycles. The van der Waals surface area contributed by atoms with Gasteiger partial charge in [-0.3, -0.25) is 9.59 Å². The quantitative estimate of drug-likeness (QED) is 0.599. The van der Waals surface area contributed by atoms with Crippen molar-refractivity contribution in [3.05, 3.63) is 0 Å². The van der Waals surface area contributed by atoms with Crippen molar-refractivity contribution in [2.45, 2.75) is 12.8 Å². The minimum atomic E-state index is -0.205. The molecule has 0 aliphatic carbocycles. The molecular weight excluding hydrogens is 270 g/mol. The number of hydrogen-bond acceptors (Lipinski definition) is 4. The lowest BCUT2D eigenvalue weighted by atomic mass is 10.1. The Morgan fingerprint density at radius 1 is 1.47 bits per heavy atom. The van der Waals surface area contributed by atoms with Crippen LogP contribution in [0.4, 0.5) is 0 Å². The summed E-state index contributed by atoms with van der Waals surface area (Å²) >= 11 is 0. The largest absolute Gasteiger partial charge is 0.383 e. The van der Waals surface area contributed by atoms with Gasteiger partial charge in [-0.1, -0.05) is 0 Å². The van der Waals surface area contributed by atoms with Gasteiger partial charge in [0, 0.05) is 33.2 Å². The molecule has 112 valence electrons. The molecule has 0 radical (unpaired) electrons. The summed E-state index contributed by atoms with van der Waals surface area (Å²) in [6, 6.07) is 0. The van der Waals surface area contributed by atoms with Crippen LogP contribution in [0.5, 0.6) is 0 Å². The van der Waals surface area contributed by atoms with Crippen molar-refractivity contribution in [1.82, 2.24) is 15.5 Å². The molecule has 1 heterocycles. The van der Waals surface area contributed by atoms with Gasteiger partial charge in [0.2, 0.25) is 11.8 Å². The van der Waals surface area contributed by atoms with E-state index < -0.39 is 0 Å². The van der Waals surface area contributed by atoms with Crippen molar-refractivity contribution in [2.24, 2.45) is 5.92 Å². The van der Waals surface area contributed by atoms with Gasteiger partial charge >= 0.3 is 0 Å². The van der Waals surface area contributed by atoms with Gasteiger partial charge in [0.15, 0.2) is 0 Å². The Labute approximate surface area is 120 Å². The number of nitrogens with one attached hydrogen (secondary N) is 2. The van der Waals surface area contributed by atoms with Crippen LogP contribution in [0.15, 0.2) is 0 Å². The highest BCUT2D eigenvalue weighted by Crippen LogP contribution is 2.17. The first-order valence-electron chi connectivity index (χ1n) is 6.38. The molecule has 0 aromatic heterocycles. The smallest absolute Gasteiger partial charge is 0.225 e. The molecule has 0 saturated carbocycles. The van der Waals surface area contributed by atoms with Crippen molar-refractivity contribution < 1.29 is 14.3 Å². The molecular formula is C12H24ClN3O3. The zero-order valence-corrected chi connectivity index (χ0v) is 12.4. The molecule has 2 N–H and O–H groups in total. The van der Waals surface area contributed by atoms with Gasteiger partial charge < -0.3 is 20.3 Å². The van der Waals surface area contributed by atoms with Gasteiger partial charge in [-0.2, -0.15) is 0 Å². The van der Waals surface area contributed by atoms with Crippen LogP contribution in [-0.2, 0) is 14.3 Å². The van der Waals surface area contributed by atoms with Crippen molar-refractivity contribution in [3.8, 4) is 0 Å². The maximum Gasteiger partial charge on any atom is 0.225 e. The van der Waals surface area contributed by atoms with Crippen LogP contribution in [0.3, 0.4) is 0 Å². The molecule has 0 spiro atoms. The molecule has 1 aliphatic rings. The monoisotopic (exact) mass is 293 g/mol. The molecule has 0 aromatic rings. The number of rotatable bonds is 8. The molecule has 1 rings (SSSR count). The average Bonchev–Trinajstić information content (AvgIpc) is 2.73. The normalized spacial score (nSPS) is 18.3. The minimum absolute atomic E-state index is 0. The molecule has 1 unspecified atom stereocenters. The van der Waals surface area contributed by atoms with Crippen LogP contribution in [0.1, 0.15) is 12.8 Å². The van der Waals surface area contributed by atoms with E-state index in [-0.39, 0.29) is 30.1 Å². The number of hydrogen-bond donors (Lipinski definition) is 2. The van der Waals surface area contributed by atoms with Crippen molar-refractivity contribution in [1.29, 1.82) is 0 Å². The predicted molar refractivity (Wildman–Crippen MR) is 75.4 cm³/mol. The lowest BCUT2D eigenvalue weighted by Crippen LogP contribution is -2.35. The second kappa shape index (κ2) is 10.00. The minimum Gasteiger partial charge on any atom is -0.383 e. The van der Waals surface area contributed by atoms with E-state index in [4.69, 9.17) is 4.74 Å². The van der Waals surface area contributed by atoms with E-state index in [9.17, 15) is 9.59 Å². The molecule has 1 saturated heterocycles. The number of halogens is 1. The maximum absolute atomic E-state index is 11.8. The van der Waals surface area contributed by atoms with Gasteiger partial charge in [-0.15, -0.1) is 12.4 Å². The predicted octanol–water partition coefficient (Wildman–Crippen LogP) is -0.371. The molecule has 1 atom stereocenters. The SMILES string of the molecule is CNCCCNC(=O)C1CC(=O)N(CCOC)C1.Cl. The first-order valence-corrected chi connectivity index (χ1v) is 6.38. The summed E-state index contributed by atoms with van der Waals surface area (Å²) in [5.74, 6) is -0.175. The highest BCUT2D eigenvalue weighted by Gasteiger charge is 2.33. The Hall–Kier alpha value is -0.850. The van der Waals surface area contributed by atoms with Crippen LogP contribution in [0.2, 0.25) is 0 Å². The Morgan fingerprint density at radius 2 is 2.21 bits per heavy atom. The molecule has 1 fully saturated rings. The standard InChI is InChI=1S/C12H23N3O3.ClH/c1-13-4-3-5-14-12(17)10-8-11(16)15(9-10)6-7-18-2;/h10,13H,3-9H2,1-2H3,(H,14,17);1H. The van der Waals surface area contributed by atoms with Gasteiger partial charge in [0.1, 0.15) is 0 Å².